The number of aromatic nitrogens is 1. The summed E-state index contributed by atoms with van der Waals surface area (Å²) in [4.78, 5) is 32.4. The summed E-state index contributed by atoms with van der Waals surface area (Å²) in [7, 11) is 1.60. The van der Waals surface area contributed by atoms with Gasteiger partial charge in [-0.2, -0.15) is 5.26 Å². The summed E-state index contributed by atoms with van der Waals surface area (Å²) in [5.74, 6) is 0.779. The van der Waals surface area contributed by atoms with E-state index in [-0.39, 0.29) is 18.4 Å². The molecule has 1 saturated heterocycles. The summed E-state index contributed by atoms with van der Waals surface area (Å²) in [6, 6.07) is 13.1. The number of anilines is 2. The van der Waals surface area contributed by atoms with E-state index in [0.29, 0.717) is 47.6 Å². The quantitative estimate of drug-likeness (QED) is 0.478. The van der Waals surface area contributed by atoms with Crippen molar-refractivity contribution >= 4 is 34.0 Å². The summed E-state index contributed by atoms with van der Waals surface area (Å²) >= 11 is 1.32. The minimum absolute atomic E-state index is 0.105. The first kappa shape index (κ1) is 24.2. The van der Waals surface area contributed by atoms with Crippen molar-refractivity contribution in [3.05, 3.63) is 59.1 Å². The highest BCUT2D eigenvalue weighted by Gasteiger charge is 2.28. The first-order chi connectivity index (χ1) is 17.0. The highest BCUT2D eigenvalue weighted by molar-refractivity contribution is 7.15. The van der Waals surface area contributed by atoms with Gasteiger partial charge in [-0.05, 0) is 49.6 Å². The molecule has 180 valence electrons. The third kappa shape index (κ3) is 5.44. The van der Waals surface area contributed by atoms with Gasteiger partial charge in [0.2, 0.25) is 5.91 Å². The molecule has 1 N–H and O–H groups in total. The second kappa shape index (κ2) is 11.0. The number of nitrogens with one attached hydrogen (secondary N) is 1. The fraction of sp³-hybridized carbons (Fsp3) is 0.308. The van der Waals surface area contributed by atoms with E-state index in [4.69, 9.17) is 14.7 Å². The van der Waals surface area contributed by atoms with Gasteiger partial charge in [-0.3, -0.25) is 4.79 Å². The van der Waals surface area contributed by atoms with Crippen LogP contribution in [0.1, 0.15) is 35.7 Å². The first-order valence-electron chi connectivity index (χ1n) is 11.4. The number of hydrogen-bond donors (Lipinski definition) is 1. The van der Waals surface area contributed by atoms with E-state index in [9.17, 15) is 9.59 Å². The monoisotopic (exact) mass is 490 g/mol. The van der Waals surface area contributed by atoms with E-state index in [2.05, 4.69) is 21.3 Å². The van der Waals surface area contributed by atoms with E-state index >= 15 is 0 Å². The number of benzene rings is 1. The van der Waals surface area contributed by atoms with E-state index < -0.39 is 5.97 Å². The van der Waals surface area contributed by atoms with Gasteiger partial charge in [0.25, 0.3) is 0 Å². The normalized spacial score (nSPS) is 13.7. The molecule has 1 aliphatic rings. The van der Waals surface area contributed by atoms with Crippen molar-refractivity contribution in [2.75, 3.05) is 37.0 Å². The van der Waals surface area contributed by atoms with Gasteiger partial charge in [0.05, 0.1) is 19.3 Å². The molecule has 1 fully saturated rings. The minimum Gasteiger partial charge on any atom is -0.497 e. The number of thiophene rings is 1. The molecule has 35 heavy (non-hydrogen) atoms. The van der Waals surface area contributed by atoms with Crippen LogP contribution in [0.25, 0.3) is 11.1 Å². The number of methoxy groups -OCH3 is 1. The van der Waals surface area contributed by atoms with Crippen molar-refractivity contribution in [3.63, 3.8) is 0 Å². The molecule has 0 spiro atoms. The molecule has 1 aromatic carbocycles. The van der Waals surface area contributed by atoms with E-state index in [1.165, 1.54) is 11.3 Å². The maximum absolute atomic E-state index is 13.1. The maximum atomic E-state index is 13.1. The molecule has 0 unspecified atom stereocenters. The lowest BCUT2D eigenvalue weighted by atomic mass is 9.95. The van der Waals surface area contributed by atoms with Crippen LogP contribution in [0.5, 0.6) is 5.75 Å². The minimum atomic E-state index is -0.462. The first-order valence-corrected chi connectivity index (χ1v) is 12.3. The standard InChI is InChI=1S/C26H26N4O4S/c1-3-34-26(32)23-21(18-5-7-20(33-2)8-6-18)16-35-25(23)29-24(31)19-10-12-30(13-11-19)22-9-4-17(14-27)15-28-22/h4-9,15-16,19H,3,10-13H2,1-2H3,(H,29,31). The Morgan fingerprint density at radius 1 is 1.20 bits per heavy atom. The van der Waals surface area contributed by atoms with Crippen LogP contribution in [0.2, 0.25) is 0 Å². The molecular weight excluding hydrogens is 464 g/mol. The molecule has 3 heterocycles. The maximum Gasteiger partial charge on any atom is 0.341 e. The zero-order chi connectivity index (χ0) is 24.8. The molecular formula is C26H26N4O4S. The number of esters is 1. The Hall–Kier alpha value is -3.90. The Bertz CT molecular complexity index is 1220. The van der Waals surface area contributed by atoms with Crippen molar-refractivity contribution in [1.82, 2.24) is 4.98 Å². The molecule has 0 saturated carbocycles. The van der Waals surface area contributed by atoms with Crippen molar-refractivity contribution in [2.45, 2.75) is 19.8 Å². The third-order valence-corrected chi connectivity index (χ3v) is 6.87. The summed E-state index contributed by atoms with van der Waals surface area (Å²) < 4.78 is 10.5. The number of nitrogens with zero attached hydrogens (tertiary/aromatic N) is 3. The molecule has 0 radical (unpaired) electrons. The second-order valence-electron chi connectivity index (χ2n) is 8.07. The van der Waals surface area contributed by atoms with Crippen molar-refractivity contribution in [3.8, 4) is 22.9 Å². The van der Waals surface area contributed by atoms with Crippen LogP contribution < -0.4 is 15.0 Å². The molecule has 3 aromatic rings. The van der Waals surface area contributed by atoms with Crippen LogP contribution in [-0.4, -0.2) is 43.7 Å². The average Bonchev–Trinajstić information content (AvgIpc) is 3.32. The molecule has 8 nitrogen and oxygen atoms in total. The van der Waals surface area contributed by atoms with Gasteiger partial charge < -0.3 is 19.7 Å². The number of hydrogen-bond acceptors (Lipinski definition) is 8. The molecule has 9 heteroatoms. The van der Waals surface area contributed by atoms with Crippen molar-refractivity contribution in [2.24, 2.45) is 5.92 Å². The van der Waals surface area contributed by atoms with E-state index in [0.717, 1.165) is 17.1 Å². The van der Waals surface area contributed by atoms with Crippen LogP contribution in [0.3, 0.4) is 0 Å². The molecule has 0 atom stereocenters. The highest BCUT2D eigenvalue weighted by atomic mass is 32.1. The lowest BCUT2D eigenvalue weighted by molar-refractivity contribution is -0.120. The number of nitriles is 1. The molecule has 4 rings (SSSR count). The molecule has 1 amide bonds. The summed E-state index contributed by atoms with van der Waals surface area (Å²) in [5, 5.41) is 14.3. The second-order valence-corrected chi connectivity index (χ2v) is 8.95. The number of ether oxygens (including phenoxy) is 2. The third-order valence-electron chi connectivity index (χ3n) is 5.98. The Balaban J connectivity index is 1.47. The molecule has 1 aliphatic heterocycles. The summed E-state index contributed by atoms with van der Waals surface area (Å²) in [6.07, 6.45) is 2.89. The highest BCUT2D eigenvalue weighted by Crippen LogP contribution is 2.37. The predicted octanol–water partition coefficient (Wildman–Crippen LogP) is 4.72. The van der Waals surface area contributed by atoms with Crippen LogP contribution in [0.4, 0.5) is 10.8 Å². The Morgan fingerprint density at radius 3 is 2.54 bits per heavy atom. The molecule has 0 aliphatic carbocycles. The van der Waals surface area contributed by atoms with Crippen molar-refractivity contribution < 1.29 is 19.1 Å². The molecule has 2 aromatic heterocycles. The van der Waals surface area contributed by atoms with E-state index in [1.54, 1.807) is 26.3 Å². The Kier molecular flexibility index (Phi) is 7.63. The summed E-state index contributed by atoms with van der Waals surface area (Å²) in [6.45, 7) is 3.37. The Labute approximate surface area is 208 Å². The number of piperidine rings is 1. The number of carbonyl (C=O) groups excluding carboxylic acids is 2. The number of pyridine rings is 1. The van der Waals surface area contributed by atoms with Gasteiger partial charge in [-0.25, -0.2) is 9.78 Å². The lowest BCUT2D eigenvalue weighted by Crippen LogP contribution is -2.38. The fourth-order valence-electron chi connectivity index (χ4n) is 4.06. The smallest absolute Gasteiger partial charge is 0.341 e. The van der Waals surface area contributed by atoms with Crippen LogP contribution >= 0.6 is 11.3 Å². The summed E-state index contributed by atoms with van der Waals surface area (Å²) in [5.41, 5.74) is 2.45. The topological polar surface area (TPSA) is 105 Å². The van der Waals surface area contributed by atoms with Gasteiger partial charge in [-0.15, -0.1) is 11.3 Å². The zero-order valence-electron chi connectivity index (χ0n) is 19.6. The SMILES string of the molecule is CCOC(=O)c1c(-c2ccc(OC)cc2)csc1NC(=O)C1CCN(c2ccc(C#N)cn2)CC1. The van der Waals surface area contributed by atoms with Gasteiger partial charge in [0.1, 0.15) is 28.2 Å². The van der Waals surface area contributed by atoms with Crippen LogP contribution in [-0.2, 0) is 9.53 Å². The number of amides is 1. The number of carbonyl (C=O) groups is 2. The molecule has 0 bridgehead atoms. The van der Waals surface area contributed by atoms with Crippen molar-refractivity contribution in [1.29, 1.82) is 5.26 Å². The van der Waals surface area contributed by atoms with Crippen LogP contribution in [0.15, 0.2) is 48.0 Å². The number of rotatable bonds is 7. The fourth-order valence-corrected chi connectivity index (χ4v) is 5.02. The van der Waals surface area contributed by atoms with E-state index in [1.807, 2.05) is 35.7 Å². The van der Waals surface area contributed by atoms with Gasteiger partial charge in [-0.1, -0.05) is 12.1 Å². The largest absolute Gasteiger partial charge is 0.497 e. The lowest BCUT2D eigenvalue weighted by Gasteiger charge is -2.32. The predicted molar refractivity (Wildman–Crippen MR) is 135 cm³/mol. The van der Waals surface area contributed by atoms with Gasteiger partial charge >= 0.3 is 5.97 Å². The van der Waals surface area contributed by atoms with Gasteiger partial charge in [0, 0.05) is 36.1 Å². The van der Waals surface area contributed by atoms with Gasteiger partial charge in [0.15, 0.2) is 0 Å². The average molecular weight is 491 g/mol. The zero-order valence-corrected chi connectivity index (χ0v) is 20.4. The Morgan fingerprint density at radius 2 is 1.94 bits per heavy atom. The van der Waals surface area contributed by atoms with Crippen LogP contribution in [0, 0.1) is 17.2 Å².